The van der Waals surface area contributed by atoms with E-state index >= 15 is 0 Å². The van der Waals surface area contributed by atoms with Crippen molar-refractivity contribution in [3.8, 4) is 0 Å². The highest BCUT2D eigenvalue weighted by Gasteiger charge is 2.39. The van der Waals surface area contributed by atoms with Crippen LogP contribution in [0.4, 0.5) is 5.69 Å². The Morgan fingerprint density at radius 3 is 2.69 bits per heavy atom. The van der Waals surface area contributed by atoms with Crippen LogP contribution in [0.1, 0.15) is 13.3 Å². The van der Waals surface area contributed by atoms with Crippen LogP contribution < -0.4 is 4.90 Å². The van der Waals surface area contributed by atoms with Gasteiger partial charge in [-0.1, -0.05) is 17.7 Å². The van der Waals surface area contributed by atoms with E-state index in [-0.39, 0.29) is 23.8 Å². The van der Waals surface area contributed by atoms with Crippen LogP contribution in [0, 0.1) is 5.92 Å². The van der Waals surface area contributed by atoms with Crippen LogP contribution in [0.3, 0.4) is 0 Å². The Bertz CT molecular complexity index is 661. The summed E-state index contributed by atoms with van der Waals surface area (Å²) in [5, 5.41) is 0.718. The topological polar surface area (TPSA) is 53.1 Å². The maximum absolute atomic E-state index is 12.8. The lowest BCUT2D eigenvalue weighted by atomic mass is 10.1. The molecule has 1 aromatic rings. The van der Waals surface area contributed by atoms with Gasteiger partial charge >= 0.3 is 0 Å². The number of benzene rings is 1. The lowest BCUT2D eigenvalue weighted by Gasteiger charge is -2.37. The molecule has 2 fully saturated rings. The van der Waals surface area contributed by atoms with Gasteiger partial charge in [0, 0.05) is 57.0 Å². The molecule has 2 amide bonds. The molecule has 0 unspecified atom stereocenters. The summed E-state index contributed by atoms with van der Waals surface area (Å²) in [5.41, 5.74) is 1.08. The number of anilines is 1. The minimum Gasteiger partial charge on any atom is -0.383 e. The molecule has 0 spiro atoms. The molecule has 2 aliphatic rings. The molecule has 0 N–H and O–H groups in total. The molecule has 6 nitrogen and oxygen atoms in total. The van der Waals surface area contributed by atoms with Crippen molar-refractivity contribution in [2.75, 3.05) is 51.3 Å². The first-order valence-electron chi connectivity index (χ1n) is 9.07. The Hall–Kier alpha value is -1.79. The Morgan fingerprint density at radius 2 is 2.04 bits per heavy atom. The molecule has 0 bridgehead atoms. The van der Waals surface area contributed by atoms with Crippen molar-refractivity contribution in [1.82, 2.24) is 9.80 Å². The normalized spacial score (nSPS) is 22.0. The number of nitrogens with zero attached hydrogens (tertiary/aromatic N) is 3. The Labute approximate surface area is 159 Å². The van der Waals surface area contributed by atoms with Crippen molar-refractivity contribution >= 4 is 29.1 Å². The molecule has 0 saturated carbocycles. The highest BCUT2D eigenvalue weighted by molar-refractivity contribution is 6.30. The molecule has 2 saturated heterocycles. The smallest absolute Gasteiger partial charge is 0.228 e. The largest absolute Gasteiger partial charge is 0.383 e. The van der Waals surface area contributed by atoms with Gasteiger partial charge in [-0.05, 0) is 25.1 Å². The zero-order valence-corrected chi connectivity index (χ0v) is 16.1. The molecule has 1 aromatic carbocycles. The van der Waals surface area contributed by atoms with E-state index in [0.29, 0.717) is 32.7 Å². The summed E-state index contributed by atoms with van der Waals surface area (Å²) < 4.78 is 5.13. The molecule has 26 heavy (non-hydrogen) atoms. The fourth-order valence-corrected chi connectivity index (χ4v) is 3.95. The highest BCUT2D eigenvalue weighted by Crippen LogP contribution is 2.25. The van der Waals surface area contributed by atoms with E-state index in [2.05, 4.69) is 4.90 Å². The number of amides is 2. The van der Waals surface area contributed by atoms with E-state index in [1.165, 1.54) is 0 Å². The van der Waals surface area contributed by atoms with Crippen LogP contribution in [0.5, 0.6) is 0 Å². The minimum absolute atomic E-state index is 0.00461. The van der Waals surface area contributed by atoms with Crippen molar-refractivity contribution in [1.29, 1.82) is 0 Å². The fraction of sp³-hybridized carbons (Fsp3) is 0.579. The van der Waals surface area contributed by atoms with Crippen LogP contribution >= 0.6 is 11.6 Å². The van der Waals surface area contributed by atoms with Gasteiger partial charge in [-0.15, -0.1) is 0 Å². The molecule has 0 radical (unpaired) electrons. The Balaban J connectivity index is 1.55. The van der Waals surface area contributed by atoms with Gasteiger partial charge in [-0.2, -0.15) is 0 Å². The standard InChI is InChI=1S/C19H26ClN3O3/c1-14(13-26-2)23-12-15(10-18(23)24)19(25)22-8-6-21(7-9-22)17-5-3-4-16(20)11-17/h3-5,11,14-15H,6-10,12-13H2,1-2H3/t14-,15+/m0/s1. The minimum atomic E-state index is -0.237. The summed E-state index contributed by atoms with van der Waals surface area (Å²) in [4.78, 5) is 31.0. The van der Waals surface area contributed by atoms with Crippen LogP contribution in [-0.2, 0) is 14.3 Å². The summed E-state index contributed by atoms with van der Waals surface area (Å²) in [7, 11) is 1.62. The average Bonchev–Trinajstić information content (AvgIpc) is 3.03. The van der Waals surface area contributed by atoms with Gasteiger partial charge in [-0.25, -0.2) is 0 Å². The third-order valence-corrected chi connectivity index (χ3v) is 5.45. The summed E-state index contributed by atoms with van der Waals surface area (Å²) >= 11 is 6.07. The van der Waals surface area contributed by atoms with Gasteiger partial charge in [0.1, 0.15) is 0 Å². The van der Waals surface area contributed by atoms with Crippen LogP contribution in [0.15, 0.2) is 24.3 Å². The van der Waals surface area contributed by atoms with Crippen LogP contribution in [-0.4, -0.2) is 74.1 Å². The van der Waals surface area contributed by atoms with E-state index in [4.69, 9.17) is 16.3 Å². The molecule has 3 rings (SSSR count). The van der Waals surface area contributed by atoms with E-state index in [9.17, 15) is 9.59 Å². The van der Waals surface area contributed by atoms with Crippen LogP contribution in [0.2, 0.25) is 5.02 Å². The predicted molar refractivity (Wildman–Crippen MR) is 101 cm³/mol. The van der Waals surface area contributed by atoms with E-state index in [0.717, 1.165) is 23.8 Å². The molecule has 2 heterocycles. The molecule has 2 aliphatic heterocycles. The SMILES string of the molecule is COC[C@H](C)N1C[C@H](C(=O)N2CCN(c3cccc(Cl)c3)CC2)CC1=O. The van der Waals surface area contributed by atoms with Gasteiger partial charge in [0.15, 0.2) is 0 Å². The Kier molecular flexibility index (Phi) is 6.04. The quantitative estimate of drug-likeness (QED) is 0.783. The zero-order chi connectivity index (χ0) is 18.7. The summed E-state index contributed by atoms with van der Waals surface area (Å²) in [6.45, 7) is 5.83. The fourth-order valence-electron chi connectivity index (χ4n) is 3.77. The number of likely N-dealkylation sites (tertiary alicyclic amines) is 1. The van der Waals surface area contributed by atoms with Crippen molar-refractivity contribution in [3.63, 3.8) is 0 Å². The lowest BCUT2D eigenvalue weighted by Crippen LogP contribution is -2.50. The van der Waals surface area contributed by atoms with Gasteiger partial charge < -0.3 is 19.4 Å². The summed E-state index contributed by atoms with van der Waals surface area (Å²) in [6, 6.07) is 7.79. The summed E-state index contributed by atoms with van der Waals surface area (Å²) in [5.74, 6) is -0.0961. The lowest BCUT2D eigenvalue weighted by molar-refractivity contribution is -0.136. The van der Waals surface area contributed by atoms with Crippen molar-refractivity contribution < 1.29 is 14.3 Å². The number of piperazine rings is 1. The number of halogens is 1. The monoisotopic (exact) mass is 379 g/mol. The van der Waals surface area contributed by atoms with E-state index in [1.807, 2.05) is 36.1 Å². The van der Waals surface area contributed by atoms with Gasteiger partial charge in [-0.3, -0.25) is 9.59 Å². The van der Waals surface area contributed by atoms with Gasteiger partial charge in [0.05, 0.1) is 18.6 Å². The second kappa shape index (κ2) is 8.27. The number of rotatable bonds is 5. The first-order valence-corrected chi connectivity index (χ1v) is 9.45. The van der Waals surface area contributed by atoms with Gasteiger partial charge in [0.25, 0.3) is 0 Å². The number of carbonyl (C=O) groups is 2. The van der Waals surface area contributed by atoms with Crippen molar-refractivity contribution in [2.24, 2.45) is 5.92 Å². The molecular formula is C19H26ClN3O3. The maximum Gasteiger partial charge on any atom is 0.228 e. The molecule has 2 atom stereocenters. The number of ether oxygens (including phenoxy) is 1. The van der Waals surface area contributed by atoms with Crippen LogP contribution in [0.25, 0.3) is 0 Å². The molecule has 0 aliphatic carbocycles. The second-order valence-corrected chi connectivity index (χ2v) is 7.48. The first kappa shape index (κ1) is 19.0. The number of hydrogen-bond acceptors (Lipinski definition) is 4. The van der Waals surface area contributed by atoms with Crippen molar-refractivity contribution in [3.05, 3.63) is 29.3 Å². The average molecular weight is 380 g/mol. The third kappa shape index (κ3) is 4.13. The number of carbonyl (C=O) groups excluding carboxylic acids is 2. The first-order chi connectivity index (χ1) is 12.5. The number of methoxy groups -OCH3 is 1. The molecular weight excluding hydrogens is 354 g/mol. The molecule has 142 valence electrons. The zero-order valence-electron chi connectivity index (χ0n) is 15.4. The summed E-state index contributed by atoms with van der Waals surface area (Å²) in [6.07, 6.45) is 0.307. The van der Waals surface area contributed by atoms with Gasteiger partial charge in [0.2, 0.25) is 11.8 Å². The van der Waals surface area contributed by atoms with E-state index in [1.54, 1.807) is 12.0 Å². The number of hydrogen-bond donors (Lipinski definition) is 0. The molecule has 0 aromatic heterocycles. The molecule has 7 heteroatoms. The predicted octanol–water partition coefficient (Wildman–Crippen LogP) is 1.87. The maximum atomic E-state index is 12.8. The van der Waals surface area contributed by atoms with E-state index < -0.39 is 0 Å². The highest BCUT2D eigenvalue weighted by atomic mass is 35.5. The Morgan fingerprint density at radius 1 is 1.31 bits per heavy atom. The second-order valence-electron chi connectivity index (χ2n) is 7.04. The van der Waals surface area contributed by atoms with Crippen molar-refractivity contribution in [2.45, 2.75) is 19.4 Å². The third-order valence-electron chi connectivity index (χ3n) is 5.21.